The second-order valence-corrected chi connectivity index (χ2v) is 3.94. The van der Waals surface area contributed by atoms with Crippen LogP contribution in [0.2, 0.25) is 0 Å². The SMILES string of the molecule is CC(C)(C)C(=O)Nc1ccncc1.Cl. The molecule has 1 amide bonds. The number of nitrogens with zero attached hydrogens (tertiary/aromatic N) is 1. The molecule has 1 rings (SSSR count). The van der Waals surface area contributed by atoms with Crippen LogP contribution in [0.1, 0.15) is 20.8 Å². The normalized spacial score (nSPS) is 10.2. The molecule has 0 aromatic carbocycles. The van der Waals surface area contributed by atoms with Gasteiger partial charge in [-0.25, -0.2) is 0 Å². The van der Waals surface area contributed by atoms with Crippen molar-refractivity contribution in [1.29, 1.82) is 0 Å². The van der Waals surface area contributed by atoms with Crippen molar-refractivity contribution in [3.05, 3.63) is 24.5 Å². The lowest BCUT2D eigenvalue weighted by Crippen LogP contribution is -2.27. The molecule has 0 saturated heterocycles. The Morgan fingerprint density at radius 3 is 2.21 bits per heavy atom. The maximum atomic E-state index is 11.5. The predicted octanol–water partition coefficient (Wildman–Crippen LogP) is 2.49. The number of halogens is 1. The Hall–Kier alpha value is -1.09. The smallest absolute Gasteiger partial charge is 0.229 e. The topological polar surface area (TPSA) is 42.0 Å². The van der Waals surface area contributed by atoms with E-state index >= 15 is 0 Å². The molecular formula is C10H15ClN2O. The highest BCUT2D eigenvalue weighted by molar-refractivity contribution is 5.94. The molecule has 1 aromatic rings. The number of rotatable bonds is 1. The summed E-state index contributed by atoms with van der Waals surface area (Å²) in [5.74, 6) is 0.0127. The summed E-state index contributed by atoms with van der Waals surface area (Å²) in [4.78, 5) is 15.4. The minimum absolute atomic E-state index is 0. The van der Waals surface area contributed by atoms with Gasteiger partial charge in [-0.3, -0.25) is 9.78 Å². The zero-order valence-electron chi connectivity index (χ0n) is 8.57. The average molecular weight is 215 g/mol. The molecule has 1 heterocycles. The highest BCUT2D eigenvalue weighted by Crippen LogP contribution is 2.16. The van der Waals surface area contributed by atoms with Gasteiger partial charge in [-0.05, 0) is 12.1 Å². The van der Waals surface area contributed by atoms with Crippen molar-refractivity contribution in [2.24, 2.45) is 5.41 Å². The van der Waals surface area contributed by atoms with E-state index in [4.69, 9.17) is 0 Å². The molecule has 1 N–H and O–H groups in total. The van der Waals surface area contributed by atoms with Crippen LogP contribution in [0.3, 0.4) is 0 Å². The van der Waals surface area contributed by atoms with Crippen molar-refractivity contribution in [3.63, 3.8) is 0 Å². The quantitative estimate of drug-likeness (QED) is 0.781. The summed E-state index contributed by atoms with van der Waals surface area (Å²) in [6.45, 7) is 5.64. The van der Waals surface area contributed by atoms with Gasteiger partial charge in [-0.1, -0.05) is 20.8 Å². The molecule has 78 valence electrons. The summed E-state index contributed by atoms with van der Waals surface area (Å²) in [6, 6.07) is 3.54. The number of hydrogen-bond acceptors (Lipinski definition) is 2. The molecule has 0 aliphatic carbocycles. The molecule has 0 spiro atoms. The fraction of sp³-hybridized carbons (Fsp3) is 0.400. The number of anilines is 1. The molecule has 0 fully saturated rings. The van der Waals surface area contributed by atoms with Crippen molar-refractivity contribution in [3.8, 4) is 0 Å². The van der Waals surface area contributed by atoms with Crippen LogP contribution in [-0.2, 0) is 4.79 Å². The van der Waals surface area contributed by atoms with Crippen molar-refractivity contribution < 1.29 is 4.79 Å². The van der Waals surface area contributed by atoms with Crippen LogP contribution in [0.25, 0.3) is 0 Å². The minimum Gasteiger partial charge on any atom is -0.326 e. The number of aromatic nitrogens is 1. The molecule has 4 heteroatoms. The molecule has 0 atom stereocenters. The predicted molar refractivity (Wildman–Crippen MR) is 59.6 cm³/mol. The van der Waals surface area contributed by atoms with Crippen molar-refractivity contribution in [2.45, 2.75) is 20.8 Å². The third kappa shape index (κ3) is 3.75. The van der Waals surface area contributed by atoms with E-state index in [9.17, 15) is 4.79 Å². The molecule has 0 radical (unpaired) electrons. The lowest BCUT2D eigenvalue weighted by atomic mass is 9.95. The first-order chi connectivity index (χ1) is 6.00. The minimum atomic E-state index is -0.358. The summed E-state index contributed by atoms with van der Waals surface area (Å²) in [6.07, 6.45) is 3.30. The maximum Gasteiger partial charge on any atom is 0.229 e. The summed E-state index contributed by atoms with van der Waals surface area (Å²) in [5, 5.41) is 2.80. The van der Waals surface area contributed by atoms with E-state index in [0.717, 1.165) is 5.69 Å². The van der Waals surface area contributed by atoms with E-state index in [-0.39, 0.29) is 23.7 Å². The van der Waals surface area contributed by atoms with Crippen LogP contribution in [0.5, 0.6) is 0 Å². The van der Waals surface area contributed by atoms with Gasteiger partial charge in [0, 0.05) is 23.5 Å². The zero-order valence-corrected chi connectivity index (χ0v) is 9.39. The monoisotopic (exact) mass is 214 g/mol. The number of carbonyl (C=O) groups excluding carboxylic acids is 1. The van der Waals surface area contributed by atoms with E-state index in [2.05, 4.69) is 10.3 Å². The molecule has 14 heavy (non-hydrogen) atoms. The van der Waals surface area contributed by atoms with Gasteiger partial charge in [0.15, 0.2) is 0 Å². The fourth-order valence-corrected chi connectivity index (χ4v) is 0.754. The summed E-state index contributed by atoms with van der Waals surface area (Å²) in [7, 11) is 0. The number of hydrogen-bond donors (Lipinski definition) is 1. The first-order valence-corrected chi connectivity index (χ1v) is 4.21. The van der Waals surface area contributed by atoms with Crippen LogP contribution in [-0.4, -0.2) is 10.9 Å². The average Bonchev–Trinajstić information content (AvgIpc) is 2.04. The van der Waals surface area contributed by atoms with E-state index in [1.54, 1.807) is 24.5 Å². The van der Waals surface area contributed by atoms with Crippen LogP contribution >= 0.6 is 12.4 Å². The van der Waals surface area contributed by atoms with Gasteiger partial charge in [-0.2, -0.15) is 0 Å². The molecular weight excluding hydrogens is 200 g/mol. The largest absolute Gasteiger partial charge is 0.326 e. The standard InChI is InChI=1S/C10H14N2O.ClH/c1-10(2,3)9(13)12-8-4-6-11-7-5-8;/h4-7H,1-3H3,(H,11,12,13);1H. The van der Waals surface area contributed by atoms with Gasteiger partial charge in [0.2, 0.25) is 5.91 Å². The second-order valence-electron chi connectivity index (χ2n) is 3.94. The number of amides is 1. The third-order valence-corrected chi connectivity index (χ3v) is 1.62. The summed E-state index contributed by atoms with van der Waals surface area (Å²) in [5.41, 5.74) is 0.429. The Bertz CT molecular complexity index is 293. The van der Waals surface area contributed by atoms with Crippen LogP contribution in [0.15, 0.2) is 24.5 Å². The summed E-state index contributed by atoms with van der Waals surface area (Å²) < 4.78 is 0. The van der Waals surface area contributed by atoms with Gasteiger partial charge in [0.05, 0.1) is 0 Å². The van der Waals surface area contributed by atoms with Crippen LogP contribution in [0, 0.1) is 5.41 Å². The van der Waals surface area contributed by atoms with Gasteiger partial charge in [-0.15, -0.1) is 12.4 Å². The third-order valence-electron chi connectivity index (χ3n) is 1.62. The maximum absolute atomic E-state index is 11.5. The lowest BCUT2D eigenvalue weighted by molar-refractivity contribution is -0.123. The lowest BCUT2D eigenvalue weighted by Gasteiger charge is -2.17. The highest BCUT2D eigenvalue weighted by Gasteiger charge is 2.20. The summed E-state index contributed by atoms with van der Waals surface area (Å²) >= 11 is 0. The molecule has 0 aliphatic rings. The molecule has 1 aromatic heterocycles. The van der Waals surface area contributed by atoms with Gasteiger partial charge in [0.25, 0.3) is 0 Å². The first kappa shape index (κ1) is 12.9. The van der Waals surface area contributed by atoms with Crippen molar-refractivity contribution >= 4 is 24.0 Å². The number of pyridine rings is 1. The number of nitrogens with one attached hydrogen (secondary N) is 1. The van der Waals surface area contributed by atoms with Gasteiger partial charge in [0.1, 0.15) is 0 Å². The Morgan fingerprint density at radius 1 is 1.29 bits per heavy atom. The molecule has 0 unspecified atom stereocenters. The Kier molecular flexibility index (Phi) is 4.57. The Labute approximate surface area is 90.3 Å². The van der Waals surface area contributed by atoms with E-state index in [1.807, 2.05) is 20.8 Å². The van der Waals surface area contributed by atoms with Gasteiger partial charge >= 0.3 is 0 Å². The molecule has 0 saturated carbocycles. The second kappa shape index (κ2) is 4.96. The van der Waals surface area contributed by atoms with E-state index in [1.165, 1.54) is 0 Å². The zero-order chi connectivity index (χ0) is 9.90. The Balaban J connectivity index is 0.00000169. The molecule has 0 aliphatic heterocycles. The van der Waals surface area contributed by atoms with Crippen LogP contribution in [0.4, 0.5) is 5.69 Å². The molecule has 0 bridgehead atoms. The Morgan fingerprint density at radius 2 is 1.79 bits per heavy atom. The van der Waals surface area contributed by atoms with E-state index < -0.39 is 0 Å². The van der Waals surface area contributed by atoms with Gasteiger partial charge < -0.3 is 5.32 Å². The van der Waals surface area contributed by atoms with Crippen molar-refractivity contribution in [2.75, 3.05) is 5.32 Å². The van der Waals surface area contributed by atoms with Crippen LogP contribution < -0.4 is 5.32 Å². The fourth-order valence-electron chi connectivity index (χ4n) is 0.754. The molecule has 3 nitrogen and oxygen atoms in total. The first-order valence-electron chi connectivity index (χ1n) is 4.21. The van der Waals surface area contributed by atoms with Crippen molar-refractivity contribution in [1.82, 2.24) is 4.98 Å². The highest BCUT2D eigenvalue weighted by atomic mass is 35.5. The van der Waals surface area contributed by atoms with E-state index in [0.29, 0.717) is 0 Å². The number of carbonyl (C=O) groups is 1.